The van der Waals surface area contributed by atoms with Crippen LogP contribution in [0.25, 0.3) is 0 Å². The lowest BCUT2D eigenvalue weighted by Gasteiger charge is -2.24. The second kappa shape index (κ2) is 9.40. The third-order valence-corrected chi connectivity index (χ3v) is 6.14. The van der Waals surface area contributed by atoms with Crippen molar-refractivity contribution >= 4 is 26.7 Å². The van der Waals surface area contributed by atoms with Crippen LogP contribution in [0.4, 0.5) is 4.79 Å². The van der Waals surface area contributed by atoms with E-state index in [9.17, 15) is 14.4 Å². The first kappa shape index (κ1) is 19.3. The fourth-order valence-corrected chi connectivity index (χ4v) is 3.71. The molecule has 23 heavy (non-hydrogen) atoms. The number of hydrogen-bond donors (Lipinski definition) is 1. The molecule has 1 N–H and O–H groups in total. The molecule has 1 rings (SSSR count). The first-order valence-corrected chi connectivity index (χ1v) is 9.01. The SMILES string of the molecule is CO[Si](CCCNC(=O)OCCN1C(=O)C=CC1=O)(OC)OC. The molecule has 0 aliphatic carbocycles. The Morgan fingerprint density at radius 3 is 2.22 bits per heavy atom. The van der Waals surface area contributed by atoms with Gasteiger partial charge < -0.3 is 23.3 Å². The lowest BCUT2D eigenvalue weighted by Crippen LogP contribution is -2.43. The Kier molecular flexibility index (Phi) is 7.89. The van der Waals surface area contributed by atoms with Crippen LogP contribution >= 0.6 is 0 Å². The molecule has 0 saturated heterocycles. The van der Waals surface area contributed by atoms with Gasteiger partial charge in [-0.15, -0.1) is 0 Å². The highest BCUT2D eigenvalue weighted by atomic mass is 28.4. The molecule has 0 aromatic heterocycles. The Morgan fingerprint density at radius 1 is 1.13 bits per heavy atom. The number of nitrogens with one attached hydrogen (secondary N) is 1. The molecule has 130 valence electrons. The highest BCUT2D eigenvalue weighted by Crippen LogP contribution is 2.14. The Balaban J connectivity index is 2.15. The number of carbonyl (C=O) groups excluding carboxylic acids is 3. The van der Waals surface area contributed by atoms with Gasteiger partial charge in [0.2, 0.25) is 0 Å². The van der Waals surface area contributed by atoms with Crippen molar-refractivity contribution in [2.75, 3.05) is 41.0 Å². The molecular weight excluding hydrogens is 324 g/mol. The Labute approximate surface area is 135 Å². The van der Waals surface area contributed by atoms with Crippen molar-refractivity contribution in [2.45, 2.75) is 12.5 Å². The van der Waals surface area contributed by atoms with Crippen molar-refractivity contribution in [1.29, 1.82) is 0 Å². The fraction of sp³-hybridized carbons (Fsp3) is 0.615. The third-order valence-electron chi connectivity index (χ3n) is 3.31. The quantitative estimate of drug-likeness (QED) is 0.335. The highest BCUT2D eigenvalue weighted by Gasteiger charge is 2.36. The van der Waals surface area contributed by atoms with Crippen LogP contribution < -0.4 is 5.32 Å². The molecule has 1 heterocycles. The minimum atomic E-state index is -2.63. The van der Waals surface area contributed by atoms with Crippen LogP contribution in [0.2, 0.25) is 6.04 Å². The molecule has 0 aromatic carbocycles. The Morgan fingerprint density at radius 2 is 1.70 bits per heavy atom. The van der Waals surface area contributed by atoms with E-state index in [1.54, 1.807) is 0 Å². The Bertz CT molecular complexity index is 439. The van der Waals surface area contributed by atoms with E-state index >= 15 is 0 Å². The van der Waals surface area contributed by atoms with E-state index in [2.05, 4.69) is 5.32 Å². The number of hydrogen-bond acceptors (Lipinski definition) is 7. The lowest BCUT2D eigenvalue weighted by atomic mass is 10.5. The van der Waals surface area contributed by atoms with Crippen LogP contribution in [0.1, 0.15) is 6.42 Å². The summed E-state index contributed by atoms with van der Waals surface area (Å²) in [6.45, 7) is 0.343. The predicted molar refractivity (Wildman–Crippen MR) is 81.4 cm³/mol. The molecule has 0 unspecified atom stereocenters. The van der Waals surface area contributed by atoms with Gasteiger partial charge >= 0.3 is 14.9 Å². The molecular formula is C13H22N2O7Si. The number of rotatable bonds is 10. The van der Waals surface area contributed by atoms with Crippen LogP contribution in [0.15, 0.2) is 12.2 Å². The molecule has 0 aromatic rings. The van der Waals surface area contributed by atoms with Crippen molar-refractivity contribution < 1.29 is 32.4 Å². The van der Waals surface area contributed by atoms with Gasteiger partial charge in [-0.3, -0.25) is 14.5 Å². The summed E-state index contributed by atoms with van der Waals surface area (Å²) in [6, 6.07) is 0.555. The maximum Gasteiger partial charge on any atom is 0.500 e. The molecule has 0 saturated carbocycles. The molecule has 0 atom stereocenters. The van der Waals surface area contributed by atoms with E-state index in [1.165, 1.54) is 33.5 Å². The first-order valence-electron chi connectivity index (χ1n) is 7.07. The van der Waals surface area contributed by atoms with E-state index in [1.807, 2.05) is 0 Å². The van der Waals surface area contributed by atoms with Crippen molar-refractivity contribution in [3.05, 3.63) is 12.2 Å². The molecule has 0 spiro atoms. The lowest BCUT2D eigenvalue weighted by molar-refractivity contribution is -0.137. The molecule has 10 heteroatoms. The molecule has 3 amide bonds. The molecule has 0 bridgehead atoms. The van der Waals surface area contributed by atoms with Crippen LogP contribution in [0, 0.1) is 0 Å². The van der Waals surface area contributed by atoms with Gasteiger partial charge in [-0.25, -0.2) is 4.79 Å². The summed E-state index contributed by atoms with van der Waals surface area (Å²) in [7, 11) is 1.94. The average molecular weight is 346 g/mol. The average Bonchev–Trinajstić information content (AvgIpc) is 2.87. The second-order valence-corrected chi connectivity index (χ2v) is 7.71. The number of imide groups is 1. The number of alkyl carbamates (subject to hydrolysis) is 1. The highest BCUT2D eigenvalue weighted by molar-refractivity contribution is 6.60. The maximum absolute atomic E-state index is 11.5. The first-order chi connectivity index (χ1) is 11.0. The van der Waals surface area contributed by atoms with Gasteiger partial charge in [0.05, 0.1) is 6.54 Å². The van der Waals surface area contributed by atoms with Gasteiger partial charge in [0.15, 0.2) is 0 Å². The van der Waals surface area contributed by atoms with Crippen molar-refractivity contribution in [1.82, 2.24) is 10.2 Å². The summed E-state index contributed by atoms with van der Waals surface area (Å²) in [5.74, 6) is -0.807. The molecule has 0 radical (unpaired) electrons. The normalized spacial score (nSPS) is 14.5. The summed E-state index contributed by atoms with van der Waals surface area (Å²) in [6.07, 6.45) is 2.35. The van der Waals surface area contributed by atoms with E-state index in [-0.39, 0.29) is 13.2 Å². The summed E-state index contributed by atoms with van der Waals surface area (Å²) in [4.78, 5) is 35.1. The molecule has 9 nitrogen and oxygen atoms in total. The molecule has 1 aliphatic heterocycles. The van der Waals surface area contributed by atoms with E-state index in [4.69, 9.17) is 18.0 Å². The Hall–Kier alpha value is -1.75. The topological polar surface area (TPSA) is 103 Å². The largest absolute Gasteiger partial charge is 0.500 e. The van der Waals surface area contributed by atoms with Gasteiger partial charge in [0.25, 0.3) is 11.8 Å². The molecule has 1 aliphatic rings. The second-order valence-electron chi connectivity index (χ2n) is 4.62. The van der Waals surface area contributed by atoms with Crippen molar-refractivity contribution in [3.8, 4) is 0 Å². The van der Waals surface area contributed by atoms with E-state index in [0.717, 1.165) is 4.90 Å². The maximum atomic E-state index is 11.5. The van der Waals surface area contributed by atoms with Gasteiger partial charge in [0, 0.05) is 46.1 Å². The summed E-state index contributed by atoms with van der Waals surface area (Å²) >= 11 is 0. The smallest absolute Gasteiger partial charge is 0.448 e. The standard InChI is InChI=1S/C13H22N2O7Si/c1-19-23(20-2,21-3)10-4-7-14-13(18)22-9-8-15-11(16)5-6-12(15)17/h5-6H,4,7-10H2,1-3H3,(H,14,18). The van der Waals surface area contributed by atoms with Crippen LogP contribution in [0.5, 0.6) is 0 Å². The van der Waals surface area contributed by atoms with Crippen LogP contribution in [0.3, 0.4) is 0 Å². The summed E-state index contributed by atoms with van der Waals surface area (Å²) in [5.41, 5.74) is 0. The van der Waals surface area contributed by atoms with E-state index < -0.39 is 26.7 Å². The van der Waals surface area contributed by atoms with Crippen LogP contribution in [-0.4, -0.2) is 72.6 Å². The number of amides is 3. The van der Waals surface area contributed by atoms with Crippen LogP contribution in [-0.2, 0) is 27.6 Å². The predicted octanol–water partition coefficient (Wildman–Crippen LogP) is -0.0942. The molecule has 0 fully saturated rings. The number of ether oxygens (including phenoxy) is 1. The number of nitrogens with zero attached hydrogens (tertiary/aromatic N) is 1. The number of carbonyl (C=O) groups is 3. The van der Waals surface area contributed by atoms with E-state index in [0.29, 0.717) is 19.0 Å². The zero-order valence-corrected chi connectivity index (χ0v) is 14.5. The third kappa shape index (κ3) is 5.75. The van der Waals surface area contributed by atoms with Gasteiger partial charge in [-0.1, -0.05) is 0 Å². The van der Waals surface area contributed by atoms with Gasteiger partial charge in [0.1, 0.15) is 6.61 Å². The summed E-state index contributed by atoms with van der Waals surface area (Å²) in [5, 5.41) is 2.57. The zero-order chi connectivity index (χ0) is 17.3. The minimum absolute atomic E-state index is 0.0329. The fourth-order valence-electron chi connectivity index (χ4n) is 1.98. The monoisotopic (exact) mass is 346 g/mol. The van der Waals surface area contributed by atoms with Crippen molar-refractivity contribution in [2.24, 2.45) is 0 Å². The van der Waals surface area contributed by atoms with Gasteiger partial charge in [-0.05, 0) is 6.42 Å². The zero-order valence-electron chi connectivity index (χ0n) is 13.5. The van der Waals surface area contributed by atoms with Crippen molar-refractivity contribution in [3.63, 3.8) is 0 Å². The summed E-state index contributed by atoms with van der Waals surface area (Å²) < 4.78 is 20.7. The minimum Gasteiger partial charge on any atom is -0.448 e. The van der Waals surface area contributed by atoms with Gasteiger partial charge in [-0.2, -0.15) is 0 Å².